The van der Waals surface area contributed by atoms with E-state index in [9.17, 15) is 23.1 Å². The van der Waals surface area contributed by atoms with Gasteiger partial charge >= 0.3 is 5.97 Å². The molecule has 0 spiro atoms. The first-order valence-corrected chi connectivity index (χ1v) is 13.4. The number of aryl methyl sites for hydroxylation is 3. The first kappa shape index (κ1) is 26.8. The summed E-state index contributed by atoms with van der Waals surface area (Å²) in [6, 6.07) is 19.8. The van der Waals surface area contributed by atoms with Crippen LogP contribution in [-0.2, 0) is 21.2 Å². The molecule has 196 valence electrons. The minimum Gasteiger partial charge on any atom is -0.480 e. The molecule has 0 saturated carbocycles. The van der Waals surface area contributed by atoms with Crippen LogP contribution >= 0.6 is 0 Å². The fraction of sp³-hybridized carbons (Fsp3) is 0.172. The lowest BCUT2D eigenvalue weighted by Gasteiger charge is -2.18. The van der Waals surface area contributed by atoms with Gasteiger partial charge in [-0.15, -0.1) is 0 Å². The highest BCUT2D eigenvalue weighted by molar-refractivity contribution is 7.89. The van der Waals surface area contributed by atoms with Gasteiger partial charge in [0.1, 0.15) is 6.04 Å². The van der Waals surface area contributed by atoms with Crippen LogP contribution in [0.5, 0.6) is 0 Å². The zero-order valence-corrected chi connectivity index (χ0v) is 22.0. The Bertz CT molecular complexity index is 1550. The number of carbonyl (C=O) groups excluding carboxylic acids is 1. The van der Waals surface area contributed by atoms with Crippen molar-refractivity contribution in [3.63, 3.8) is 0 Å². The molecule has 0 aliphatic carbocycles. The number of carbonyl (C=O) groups is 2. The summed E-state index contributed by atoms with van der Waals surface area (Å²) >= 11 is 0. The molecule has 1 amide bonds. The maximum Gasteiger partial charge on any atom is 0.322 e. The minimum absolute atomic E-state index is 0.0297. The maximum atomic E-state index is 13.1. The lowest BCUT2D eigenvalue weighted by Crippen LogP contribution is -2.42. The standard InChI is InChI=1S/C29H28N2O6S/c1-18-14-19(2)27(20(3)15-18)38(35,36)31-25(29(33)34)16-21-9-11-22(12-10-21)23-6-4-7-24(17-23)30-28(32)26-8-5-13-37-26/h4-15,17,25,31H,16H2,1-3H3,(H,30,32)(H,33,34)/t25-/m0/s1. The van der Waals surface area contributed by atoms with E-state index in [0.29, 0.717) is 22.4 Å². The summed E-state index contributed by atoms with van der Waals surface area (Å²) in [5, 5.41) is 12.6. The number of nitrogens with one attached hydrogen (secondary N) is 2. The van der Waals surface area contributed by atoms with Crippen molar-refractivity contribution < 1.29 is 27.5 Å². The molecule has 4 aromatic rings. The molecule has 3 aromatic carbocycles. The molecule has 1 heterocycles. The molecule has 3 N–H and O–H groups in total. The van der Waals surface area contributed by atoms with Gasteiger partial charge in [0, 0.05) is 5.69 Å². The van der Waals surface area contributed by atoms with Gasteiger partial charge in [0.2, 0.25) is 10.0 Å². The predicted molar refractivity (Wildman–Crippen MR) is 145 cm³/mol. The van der Waals surface area contributed by atoms with Crippen molar-refractivity contribution in [1.82, 2.24) is 4.72 Å². The van der Waals surface area contributed by atoms with E-state index in [2.05, 4.69) is 10.0 Å². The van der Waals surface area contributed by atoms with E-state index in [4.69, 9.17) is 4.42 Å². The molecule has 0 aliphatic heterocycles. The lowest BCUT2D eigenvalue weighted by atomic mass is 10.0. The van der Waals surface area contributed by atoms with Gasteiger partial charge in [-0.25, -0.2) is 8.42 Å². The summed E-state index contributed by atoms with van der Waals surface area (Å²) in [6.07, 6.45) is 1.40. The first-order valence-electron chi connectivity index (χ1n) is 11.9. The summed E-state index contributed by atoms with van der Waals surface area (Å²) in [5.74, 6) is -1.42. The number of anilines is 1. The largest absolute Gasteiger partial charge is 0.480 e. The van der Waals surface area contributed by atoms with Crippen molar-refractivity contribution in [2.24, 2.45) is 0 Å². The smallest absolute Gasteiger partial charge is 0.322 e. The van der Waals surface area contributed by atoms with Gasteiger partial charge in [-0.2, -0.15) is 4.72 Å². The molecule has 0 unspecified atom stereocenters. The zero-order chi connectivity index (χ0) is 27.4. The summed E-state index contributed by atoms with van der Waals surface area (Å²) in [5.41, 5.74) is 4.99. The van der Waals surface area contributed by atoms with Gasteiger partial charge < -0.3 is 14.8 Å². The Morgan fingerprint density at radius 3 is 2.18 bits per heavy atom. The lowest BCUT2D eigenvalue weighted by molar-refractivity contribution is -0.138. The number of aliphatic carboxylic acids is 1. The first-order chi connectivity index (χ1) is 18.0. The fourth-order valence-electron chi connectivity index (χ4n) is 4.46. The number of carboxylic acids is 1. The summed E-state index contributed by atoms with van der Waals surface area (Å²) < 4.78 is 33.7. The molecule has 0 bridgehead atoms. The molecular formula is C29H28N2O6S. The Balaban J connectivity index is 1.49. The maximum absolute atomic E-state index is 13.1. The molecule has 38 heavy (non-hydrogen) atoms. The Morgan fingerprint density at radius 2 is 1.58 bits per heavy atom. The van der Waals surface area contributed by atoms with Crippen LogP contribution < -0.4 is 10.0 Å². The third kappa shape index (κ3) is 6.19. The number of amides is 1. The SMILES string of the molecule is Cc1cc(C)c(S(=O)(=O)N[C@@H](Cc2ccc(-c3cccc(NC(=O)c4ccco4)c3)cc2)C(=O)O)c(C)c1. The van der Waals surface area contributed by atoms with Crippen molar-refractivity contribution in [2.75, 3.05) is 5.32 Å². The second-order valence-electron chi connectivity index (χ2n) is 9.15. The van der Waals surface area contributed by atoms with Gasteiger partial charge in [0.15, 0.2) is 5.76 Å². The van der Waals surface area contributed by atoms with E-state index in [1.807, 2.05) is 37.3 Å². The molecule has 1 aromatic heterocycles. The van der Waals surface area contributed by atoms with Crippen molar-refractivity contribution in [1.29, 1.82) is 0 Å². The number of benzene rings is 3. The molecule has 1 atom stereocenters. The number of furan rings is 1. The van der Waals surface area contributed by atoms with Gasteiger partial charge in [-0.3, -0.25) is 9.59 Å². The second-order valence-corrected chi connectivity index (χ2v) is 10.8. The molecule has 8 nitrogen and oxygen atoms in total. The number of sulfonamides is 1. The van der Waals surface area contributed by atoms with Crippen molar-refractivity contribution in [3.8, 4) is 11.1 Å². The van der Waals surface area contributed by atoms with E-state index in [-0.39, 0.29) is 23.0 Å². The number of hydrogen-bond donors (Lipinski definition) is 3. The van der Waals surface area contributed by atoms with E-state index >= 15 is 0 Å². The van der Waals surface area contributed by atoms with E-state index in [1.54, 1.807) is 56.3 Å². The summed E-state index contributed by atoms with van der Waals surface area (Å²) in [4.78, 5) is 24.3. The molecule has 4 rings (SSSR count). The topological polar surface area (TPSA) is 126 Å². The van der Waals surface area contributed by atoms with Crippen molar-refractivity contribution in [2.45, 2.75) is 38.1 Å². The molecule has 0 saturated heterocycles. The van der Waals surface area contributed by atoms with Crippen LogP contribution in [0.3, 0.4) is 0 Å². The minimum atomic E-state index is -4.06. The highest BCUT2D eigenvalue weighted by atomic mass is 32.2. The molecule has 0 fully saturated rings. The molecule has 9 heteroatoms. The third-order valence-electron chi connectivity index (χ3n) is 6.06. The fourth-order valence-corrected chi connectivity index (χ4v) is 6.10. The monoisotopic (exact) mass is 532 g/mol. The van der Waals surface area contributed by atoms with Crippen LogP contribution in [0.1, 0.15) is 32.8 Å². The highest BCUT2D eigenvalue weighted by Gasteiger charge is 2.28. The average molecular weight is 533 g/mol. The number of carboxylic acid groups (broad SMARTS) is 1. The zero-order valence-electron chi connectivity index (χ0n) is 21.2. The normalized spacial score (nSPS) is 12.2. The van der Waals surface area contributed by atoms with Crippen LogP contribution in [0.2, 0.25) is 0 Å². The van der Waals surface area contributed by atoms with Crippen LogP contribution in [0, 0.1) is 20.8 Å². The van der Waals surface area contributed by atoms with Crippen molar-refractivity contribution in [3.05, 3.63) is 107 Å². The molecule has 0 radical (unpaired) electrons. The van der Waals surface area contributed by atoms with Crippen LogP contribution in [0.25, 0.3) is 11.1 Å². The van der Waals surface area contributed by atoms with E-state index < -0.39 is 22.0 Å². The quantitative estimate of drug-likeness (QED) is 0.275. The van der Waals surface area contributed by atoms with Gasteiger partial charge in [-0.05, 0) is 79.3 Å². The van der Waals surface area contributed by atoms with E-state index in [1.165, 1.54) is 6.26 Å². The van der Waals surface area contributed by atoms with Crippen LogP contribution in [0.15, 0.2) is 88.4 Å². The number of rotatable bonds is 9. The third-order valence-corrected chi connectivity index (χ3v) is 7.84. The summed E-state index contributed by atoms with van der Waals surface area (Å²) in [7, 11) is -4.06. The number of hydrogen-bond acceptors (Lipinski definition) is 5. The van der Waals surface area contributed by atoms with Crippen molar-refractivity contribution >= 4 is 27.6 Å². The molecule has 0 aliphatic rings. The Morgan fingerprint density at radius 1 is 0.895 bits per heavy atom. The second kappa shape index (κ2) is 11.0. The predicted octanol–water partition coefficient (Wildman–Crippen LogP) is 5.10. The van der Waals surface area contributed by atoms with Crippen LogP contribution in [0.4, 0.5) is 5.69 Å². The van der Waals surface area contributed by atoms with Crippen LogP contribution in [-0.4, -0.2) is 31.4 Å². The van der Waals surface area contributed by atoms with Gasteiger partial charge in [0.25, 0.3) is 5.91 Å². The van der Waals surface area contributed by atoms with Gasteiger partial charge in [0.05, 0.1) is 11.2 Å². The van der Waals surface area contributed by atoms with Gasteiger partial charge in [-0.1, -0.05) is 54.1 Å². The summed E-state index contributed by atoms with van der Waals surface area (Å²) in [6.45, 7) is 5.27. The average Bonchev–Trinajstić information content (AvgIpc) is 3.38. The Labute approximate surface area is 221 Å². The van der Waals surface area contributed by atoms with E-state index in [0.717, 1.165) is 16.7 Å². The Hall–Kier alpha value is -4.21. The molecular weight excluding hydrogens is 504 g/mol. The Kier molecular flexibility index (Phi) is 7.80. The highest BCUT2D eigenvalue weighted by Crippen LogP contribution is 2.25.